The van der Waals surface area contributed by atoms with Gasteiger partial charge in [0.05, 0.1) is 11.5 Å². The van der Waals surface area contributed by atoms with Gasteiger partial charge in [-0.1, -0.05) is 82.7 Å². The number of piperidine rings is 1. The second kappa shape index (κ2) is 8.01. The number of pyridine rings is 1. The topological polar surface area (TPSA) is 60.0 Å². The van der Waals surface area contributed by atoms with Crippen LogP contribution in [0.2, 0.25) is 0 Å². The highest BCUT2D eigenvalue weighted by molar-refractivity contribution is 9.10. The Balaban J connectivity index is 2.02. The summed E-state index contributed by atoms with van der Waals surface area (Å²) in [5, 5.41) is 23.1. The summed E-state index contributed by atoms with van der Waals surface area (Å²) < 4.78 is 2.85. The largest absolute Gasteiger partial charge is 0.362 e. The van der Waals surface area contributed by atoms with Crippen LogP contribution in [0.1, 0.15) is 23.1 Å². The lowest BCUT2D eigenvalue weighted by atomic mass is 9.74. The van der Waals surface area contributed by atoms with Gasteiger partial charge < -0.3 is 10.4 Å². The molecule has 0 amide bonds. The Labute approximate surface area is 183 Å². The molecule has 6 heteroatoms. The van der Waals surface area contributed by atoms with E-state index in [1.807, 2.05) is 89.8 Å². The molecule has 2 heterocycles. The van der Waals surface area contributed by atoms with Crippen LogP contribution in [0.3, 0.4) is 0 Å². The van der Waals surface area contributed by atoms with Crippen molar-refractivity contribution in [3.8, 4) is 0 Å². The smallest absolute Gasteiger partial charge is 0.227 e. The van der Waals surface area contributed by atoms with Crippen LogP contribution in [0.25, 0.3) is 0 Å². The number of nitrogens with zero attached hydrogens (tertiary/aromatic N) is 1. The molecule has 0 radical (unpaired) electrons. The number of hydrogen-bond donors (Lipinski definition) is 3. The zero-order chi connectivity index (χ0) is 20.4. The molecule has 3 unspecified atom stereocenters. The Bertz CT molecular complexity index is 1100. The fourth-order valence-corrected chi connectivity index (χ4v) is 4.83. The van der Waals surface area contributed by atoms with E-state index >= 15 is 0 Å². The van der Waals surface area contributed by atoms with Crippen molar-refractivity contribution in [1.82, 2.24) is 5.32 Å². The van der Waals surface area contributed by atoms with Gasteiger partial charge in [0.15, 0.2) is 12.4 Å². The molecule has 0 spiro atoms. The summed E-state index contributed by atoms with van der Waals surface area (Å²) in [6, 6.07) is 22.5. The monoisotopic (exact) mass is 464 g/mol. The van der Waals surface area contributed by atoms with Crippen molar-refractivity contribution in [3.05, 3.63) is 106 Å². The van der Waals surface area contributed by atoms with Gasteiger partial charge in [-0.2, -0.15) is 4.57 Å². The first-order chi connectivity index (χ1) is 14.1. The van der Waals surface area contributed by atoms with E-state index in [1.54, 1.807) is 0 Å². The Morgan fingerprint density at radius 3 is 2.28 bits per heavy atom. The van der Waals surface area contributed by atoms with Crippen LogP contribution >= 0.6 is 28.1 Å². The summed E-state index contributed by atoms with van der Waals surface area (Å²) in [5.74, 6) is 2.14. The Morgan fingerprint density at radius 1 is 1.00 bits per heavy atom. The third kappa shape index (κ3) is 3.45. The maximum Gasteiger partial charge on any atom is 0.227 e. The van der Waals surface area contributed by atoms with Gasteiger partial charge >= 0.3 is 0 Å². The molecule has 3 N–H and O–H groups in total. The standard InChI is InChI=1S/C23H18BrN3OS/c24-19-12-6-5-11-17(19)20-18(15-25)22(29)26-23(28,16-9-3-1-4-10-16)21(20)27-13-7-2-8-14-27/h1-14,20-21,25,28H/p+1. The summed E-state index contributed by atoms with van der Waals surface area (Å²) in [6.07, 6.45) is 3.83. The number of benzene rings is 2. The van der Waals surface area contributed by atoms with Crippen LogP contribution in [0, 0.1) is 5.41 Å². The van der Waals surface area contributed by atoms with Gasteiger partial charge in [0.25, 0.3) is 0 Å². The predicted molar refractivity (Wildman–Crippen MR) is 120 cm³/mol. The van der Waals surface area contributed by atoms with Crippen LogP contribution in [-0.4, -0.2) is 16.0 Å². The predicted octanol–water partition coefficient (Wildman–Crippen LogP) is 4.01. The fraction of sp³-hybridized carbons (Fsp3) is 0.130. The van der Waals surface area contributed by atoms with E-state index in [2.05, 4.69) is 27.1 Å². The quantitative estimate of drug-likeness (QED) is 0.237. The number of rotatable bonds is 3. The lowest BCUT2D eigenvalue weighted by Crippen LogP contribution is -2.65. The van der Waals surface area contributed by atoms with E-state index in [0.717, 1.165) is 10.0 Å². The van der Waals surface area contributed by atoms with Gasteiger partial charge in [0.2, 0.25) is 11.8 Å². The molecular formula is C23H19BrN3OS+. The minimum atomic E-state index is -1.48. The SMILES string of the molecule is N=C=C1C(=S)NC(O)(c2ccccc2)C([n+]2ccccc2)C1c1ccccc1Br. The molecule has 29 heavy (non-hydrogen) atoms. The van der Waals surface area contributed by atoms with Gasteiger partial charge in [-0.3, -0.25) is 5.41 Å². The van der Waals surface area contributed by atoms with Gasteiger partial charge in [-0.05, 0) is 17.5 Å². The first kappa shape index (κ1) is 19.7. The van der Waals surface area contributed by atoms with E-state index in [9.17, 15) is 5.11 Å². The molecule has 0 bridgehead atoms. The molecule has 1 aliphatic rings. The maximum atomic E-state index is 12.0. The van der Waals surface area contributed by atoms with Crippen LogP contribution in [0.5, 0.6) is 0 Å². The molecule has 4 rings (SSSR count). The first-order valence-corrected chi connectivity index (χ1v) is 10.4. The summed E-state index contributed by atoms with van der Waals surface area (Å²) in [5.41, 5.74) is 0.686. The molecule has 1 aromatic heterocycles. The second-order valence-electron chi connectivity index (χ2n) is 6.89. The number of halogens is 1. The van der Waals surface area contributed by atoms with Crippen molar-refractivity contribution in [2.24, 2.45) is 0 Å². The summed E-state index contributed by atoms with van der Waals surface area (Å²) in [6.45, 7) is 0. The molecule has 144 valence electrons. The molecule has 1 saturated heterocycles. The third-order valence-electron chi connectivity index (χ3n) is 5.25. The normalized spacial score (nSPS) is 23.9. The second-order valence-corrected chi connectivity index (χ2v) is 8.15. The number of aliphatic hydroxyl groups is 1. The lowest BCUT2D eigenvalue weighted by molar-refractivity contribution is -0.743. The van der Waals surface area contributed by atoms with E-state index in [4.69, 9.17) is 17.6 Å². The van der Waals surface area contributed by atoms with Crippen molar-refractivity contribution in [1.29, 1.82) is 5.41 Å². The van der Waals surface area contributed by atoms with Crippen molar-refractivity contribution in [2.75, 3.05) is 0 Å². The fourth-order valence-electron chi connectivity index (χ4n) is 3.96. The highest BCUT2D eigenvalue weighted by atomic mass is 79.9. The molecule has 0 saturated carbocycles. The lowest BCUT2D eigenvalue weighted by Gasteiger charge is -2.43. The molecule has 4 nitrogen and oxygen atoms in total. The molecule has 0 aliphatic carbocycles. The van der Waals surface area contributed by atoms with Crippen molar-refractivity contribution in [3.63, 3.8) is 0 Å². The van der Waals surface area contributed by atoms with E-state index in [0.29, 0.717) is 16.1 Å². The minimum Gasteiger partial charge on any atom is -0.362 e. The Hall–Kier alpha value is -2.63. The molecule has 3 atom stereocenters. The average molecular weight is 465 g/mol. The number of thiocarbonyl (C=S) groups is 1. The van der Waals surface area contributed by atoms with Gasteiger partial charge in [0, 0.05) is 22.2 Å². The van der Waals surface area contributed by atoms with Crippen LogP contribution in [0.15, 0.2) is 95.2 Å². The molecule has 1 fully saturated rings. The number of aromatic nitrogens is 1. The Morgan fingerprint density at radius 2 is 1.62 bits per heavy atom. The highest BCUT2D eigenvalue weighted by Gasteiger charge is 2.56. The van der Waals surface area contributed by atoms with E-state index in [1.165, 1.54) is 0 Å². The van der Waals surface area contributed by atoms with Gasteiger partial charge in [0.1, 0.15) is 4.99 Å². The van der Waals surface area contributed by atoms with Gasteiger partial charge in [-0.15, -0.1) is 0 Å². The van der Waals surface area contributed by atoms with Crippen LogP contribution < -0.4 is 9.88 Å². The summed E-state index contributed by atoms with van der Waals surface area (Å²) >= 11 is 9.23. The zero-order valence-electron chi connectivity index (χ0n) is 15.4. The van der Waals surface area contributed by atoms with Gasteiger partial charge in [-0.25, -0.2) is 0 Å². The molecular weight excluding hydrogens is 446 g/mol. The third-order valence-corrected chi connectivity index (χ3v) is 6.30. The van der Waals surface area contributed by atoms with Crippen LogP contribution in [0.4, 0.5) is 0 Å². The minimum absolute atomic E-state index is 0.319. The maximum absolute atomic E-state index is 12.0. The molecule has 3 aromatic rings. The van der Waals surface area contributed by atoms with E-state index < -0.39 is 17.7 Å². The highest BCUT2D eigenvalue weighted by Crippen LogP contribution is 2.47. The van der Waals surface area contributed by atoms with Crippen molar-refractivity contribution < 1.29 is 9.67 Å². The number of nitrogens with one attached hydrogen (secondary N) is 2. The average Bonchev–Trinajstić information content (AvgIpc) is 2.75. The van der Waals surface area contributed by atoms with E-state index in [-0.39, 0.29) is 0 Å². The van der Waals surface area contributed by atoms with Crippen molar-refractivity contribution >= 4 is 39.0 Å². The zero-order valence-corrected chi connectivity index (χ0v) is 17.8. The van der Waals surface area contributed by atoms with Crippen LogP contribution in [-0.2, 0) is 5.72 Å². The van der Waals surface area contributed by atoms with Crippen molar-refractivity contribution in [2.45, 2.75) is 17.7 Å². The molecule has 2 aromatic carbocycles. The first-order valence-electron chi connectivity index (χ1n) is 9.16. The summed E-state index contributed by atoms with van der Waals surface area (Å²) in [4.78, 5) is 0.319. The molecule has 1 aliphatic heterocycles. The number of hydrogen-bond acceptors (Lipinski definition) is 3. The summed E-state index contributed by atoms with van der Waals surface area (Å²) in [7, 11) is 0. The Kier molecular flexibility index (Phi) is 5.43.